The number of allylic oxidation sites excluding steroid dienone is 2. The molecule has 1 heterocycles. The van der Waals surface area contributed by atoms with E-state index in [0.29, 0.717) is 5.92 Å². The Morgan fingerprint density at radius 3 is 2.10 bits per heavy atom. The Bertz CT molecular complexity index is 1280. The molecule has 0 aliphatic heterocycles. The van der Waals surface area contributed by atoms with E-state index in [2.05, 4.69) is 82.9 Å². The van der Waals surface area contributed by atoms with Gasteiger partial charge in [0, 0.05) is 58.0 Å². The van der Waals surface area contributed by atoms with E-state index in [9.17, 15) is 9.90 Å². The second-order valence-electron chi connectivity index (χ2n) is 12.6. The number of hydrogen-bond acceptors (Lipinski definition) is 3. The number of aromatic nitrogens is 1. The molecule has 0 unspecified atom stereocenters. The summed E-state index contributed by atoms with van der Waals surface area (Å²) < 4.78 is 0. The summed E-state index contributed by atoms with van der Waals surface area (Å²) in [6, 6.07) is 17.9. The van der Waals surface area contributed by atoms with Crippen molar-refractivity contribution in [1.82, 2.24) is 4.98 Å². The number of fused-ring (bicyclic) bond motifs is 1. The number of carbonyl (C=O) groups is 1. The molecule has 0 bridgehead atoms. The van der Waals surface area contributed by atoms with Crippen molar-refractivity contribution in [2.24, 2.45) is 11.8 Å². The summed E-state index contributed by atoms with van der Waals surface area (Å²) in [6.07, 6.45) is 6.94. The Kier molecular flexibility index (Phi) is 15.4. The predicted octanol–water partition coefficient (Wildman–Crippen LogP) is 10.4. The van der Waals surface area contributed by atoms with Gasteiger partial charge in [0.05, 0.1) is 5.76 Å². The van der Waals surface area contributed by atoms with Crippen molar-refractivity contribution >= 4 is 24.6 Å². The van der Waals surface area contributed by atoms with Crippen LogP contribution in [0.15, 0.2) is 54.4 Å². The first-order valence-corrected chi connectivity index (χ1v) is 18.9. The van der Waals surface area contributed by atoms with Gasteiger partial charge in [-0.25, -0.2) is 0 Å². The number of carbonyl (C=O) groups excluding carboxylic acids is 1. The Morgan fingerprint density at radius 1 is 0.976 bits per heavy atom. The van der Waals surface area contributed by atoms with Crippen molar-refractivity contribution in [3.05, 3.63) is 77.2 Å². The van der Waals surface area contributed by atoms with Crippen molar-refractivity contribution in [3.8, 4) is 11.3 Å². The van der Waals surface area contributed by atoms with E-state index in [1.54, 1.807) is 0 Å². The molecule has 0 aliphatic carbocycles. The minimum absolute atomic E-state index is 0. The number of hydrogen-bond donors (Lipinski definition) is 1. The molecule has 2 aromatic carbocycles. The SMILES string of the molecule is CCC(CC)C(=O)/C=C(\O)C(CC)CC.Cc1cnc(-c2[c-]c3ccccc3c(C(C)C)c2)cc1C[Si](C)(C)C.[Ir]. The smallest absolute Gasteiger partial charge is 0.162 e. The third-order valence-electron chi connectivity index (χ3n) is 7.72. The topological polar surface area (TPSA) is 50.2 Å². The summed E-state index contributed by atoms with van der Waals surface area (Å²) in [5.74, 6) is 1.02. The summed E-state index contributed by atoms with van der Waals surface area (Å²) in [6.45, 7) is 22.0. The van der Waals surface area contributed by atoms with Crippen LogP contribution in [0.5, 0.6) is 0 Å². The van der Waals surface area contributed by atoms with E-state index >= 15 is 0 Å². The molecular formula is C36H52IrNO2Si-. The number of ketones is 1. The Labute approximate surface area is 264 Å². The molecule has 0 spiro atoms. The predicted molar refractivity (Wildman–Crippen MR) is 176 cm³/mol. The van der Waals surface area contributed by atoms with Gasteiger partial charge < -0.3 is 5.11 Å². The van der Waals surface area contributed by atoms with E-state index < -0.39 is 8.07 Å². The molecule has 0 aliphatic rings. The van der Waals surface area contributed by atoms with Gasteiger partial charge in [0.2, 0.25) is 0 Å². The molecule has 1 radical (unpaired) electrons. The molecule has 0 atom stereocenters. The average molecular weight is 751 g/mol. The fourth-order valence-corrected chi connectivity index (χ4v) is 6.65. The van der Waals surface area contributed by atoms with Crippen LogP contribution in [-0.4, -0.2) is 23.9 Å². The number of pyridine rings is 1. The molecule has 1 N–H and O–H groups in total. The number of benzene rings is 2. The second kappa shape index (κ2) is 17.1. The molecule has 3 nitrogen and oxygen atoms in total. The van der Waals surface area contributed by atoms with Crippen molar-refractivity contribution < 1.29 is 30.0 Å². The van der Waals surface area contributed by atoms with Gasteiger partial charge in [0.1, 0.15) is 0 Å². The number of aryl methyl sites for hydroxylation is 1. The molecule has 0 fully saturated rings. The quantitative estimate of drug-likeness (QED) is 0.0919. The van der Waals surface area contributed by atoms with E-state index in [1.165, 1.54) is 39.6 Å². The first-order chi connectivity index (χ1) is 18.8. The van der Waals surface area contributed by atoms with E-state index in [-0.39, 0.29) is 43.5 Å². The molecule has 0 saturated carbocycles. The van der Waals surface area contributed by atoms with E-state index in [1.807, 2.05) is 33.9 Å². The first kappa shape index (κ1) is 37.0. The Balaban J connectivity index is 0.000000456. The van der Waals surface area contributed by atoms with Crippen LogP contribution in [0.4, 0.5) is 0 Å². The maximum atomic E-state index is 11.7. The van der Waals surface area contributed by atoms with Crippen LogP contribution < -0.4 is 0 Å². The zero-order valence-corrected chi connectivity index (χ0v) is 30.4. The second-order valence-corrected chi connectivity index (χ2v) is 18.0. The third kappa shape index (κ3) is 10.9. The minimum atomic E-state index is -1.16. The van der Waals surface area contributed by atoms with Crippen LogP contribution in [0.1, 0.15) is 89.8 Å². The first-order valence-electron chi connectivity index (χ1n) is 15.2. The fourth-order valence-electron chi connectivity index (χ4n) is 5.13. The van der Waals surface area contributed by atoms with Gasteiger partial charge in [-0.2, -0.15) is 0 Å². The van der Waals surface area contributed by atoms with Crippen LogP contribution in [-0.2, 0) is 30.9 Å². The number of aliphatic hydroxyl groups excluding tert-OH is 1. The van der Waals surface area contributed by atoms with Gasteiger partial charge in [-0.3, -0.25) is 9.78 Å². The minimum Gasteiger partial charge on any atom is -0.512 e. The Hall–Kier alpha value is -2.07. The summed E-state index contributed by atoms with van der Waals surface area (Å²) in [4.78, 5) is 16.4. The number of nitrogens with zero attached hydrogens (tertiary/aromatic N) is 1. The molecule has 0 saturated heterocycles. The molecule has 1 aromatic heterocycles. The van der Waals surface area contributed by atoms with Crippen LogP contribution >= 0.6 is 0 Å². The molecule has 3 rings (SSSR count). The van der Waals surface area contributed by atoms with E-state index in [4.69, 9.17) is 4.98 Å². The molecule has 0 amide bonds. The van der Waals surface area contributed by atoms with Crippen molar-refractivity contribution in [1.29, 1.82) is 0 Å². The standard InChI is InChI=1S/C23H28NSi.C13H24O2.Ir/c1-16(2)22-12-19(11-18-9-7-8-10-21(18)22)23-13-20(15-25(4,5)6)17(3)14-24-23;1-5-10(6-2)12(14)9-13(15)11(7-3)8-4;/h7-10,12-14,16H,15H2,1-6H3;9-11,14H,5-8H2,1-4H3;/q-1;;/b;12-9-;. The zero-order chi connectivity index (χ0) is 30.0. The fraction of sp³-hybridized carbons (Fsp3) is 0.500. The molecule has 227 valence electrons. The van der Waals surface area contributed by atoms with Crippen molar-refractivity contribution in [3.63, 3.8) is 0 Å². The van der Waals surface area contributed by atoms with Gasteiger partial charge in [-0.15, -0.1) is 29.1 Å². The van der Waals surface area contributed by atoms with Gasteiger partial charge in [-0.1, -0.05) is 102 Å². The monoisotopic (exact) mass is 751 g/mol. The van der Waals surface area contributed by atoms with Crippen molar-refractivity contribution in [2.45, 2.75) is 106 Å². The van der Waals surface area contributed by atoms with Crippen LogP contribution in [0.2, 0.25) is 19.6 Å². The van der Waals surface area contributed by atoms with Crippen LogP contribution in [0.3, 0.4) is 0 Å². The molecule has 5 heteroatoms. The number of aliphatic hydroxyl groups is 1. The third-order valence-corrected chi connectivity index (χ3v) is 9.16. The summed E-state index contributed by atoms with van der Waals surface area (Å²) in [5, 5.41) is 12.2. The molecule has 3 aromatic rings. The largest absolute Gasteiger partial charge is 0.512 e. The van der Waals surface area contributed by atoms with Crippen LogP contribution in [0.25, 0.3) is 22.0 Å². The maximum Gasteiger partial charge on any atom is 0.162 e. The van der Waals surface area contributed by atoms with Gasteiger partial charge in [-0.05, 0) is 50.1 Å². The molecular weight excluding hydrogens is 699 g/mol. The van der Waals surface area contributed by atoms with Gasteiger partial charge in [0.15, 0.2) is 5.78 Å². The summed E-state index contributed by atoms with van der Waals surface area (Å²) >= 11 is 0. The zero-order valence-electron chi connectivity index (χ0n) is 27.0. The van der Waals surface area contributed by atoms with Gasteiger partial charge in [0.25, 0.3) is 0 Å². The van der Waals surface area contributed by atoms with E-state index in [0.717, 1.165) is 36.9 Å². The average Bonchev–Trinajstić information content (AvgIpc) is 2.90. The Morgan fingerprint density at radius 2 is 1.56 bits per heavy atom. The molecule has 41 heavy (non-hydrogen) atoms. The van der Waals surface area contributed by atoms with Gasteiger partial charge >= 0.3 is 0 Å². The summed E-state index contributed by atoms with van der Waals surface area (Å²) in [5.41, 5.74) is 6.28. The maximum absolute atomic E-state index is 11.7. The van der Waals surface area contributed by atoms with Crippen LogP contribution in [0, 0.1) is 24.8 Å². The normalized spacial score (nSPS) is 12.0. The summed E-state index contributed by atoms with van der Waals surface area (Å²) in [7, 11) is -1.16. The van der Waals surface area contributed by atoms with Crippen molar-refractivity contribution in [2.75, 3.05) is 0 Å². The number of rotatable bonds is 11.